The molecule has 0 unspecified atom stereocenters. The maximum atomic E-state index is 13.0. The van der Waals surface area contributed by atoms with Crippen LogP contribution < -0.4 is 11.3 Å². The van der Waals surface area contributed by atoms with Gasteiger partial charge in [0.2, 0.25) is 0 Å². The van der Waals surface area contributed by atoms with Crippen molar-refractivity contribution in [3.05, 3.63) is 41.8 Å². The van der Waals surface area contributed by atoms with Crippen LogP contribution >= 0.6 is 0 Å². The molecule has 88 valence electrons. The standard InChI is InChI=1S/C10H7F3N4/c11-6-3-5(4-7(12)9(6)13)10-15-2-1-8(16-10)17-14/h1-4H,14H2,(H,15,16,17). The summed E-state index contributed by atoms with van der Waals surface area (Å²) < 4.78 is 38.7. The van der Waals surface area contributed by atoms with Gasteiger partial charge in [-0.3, -0.25) is 0 Å². The van der Waals surface area contributed by atoms with Crippen molar-refractivity contribution in [2.45, 2.75) is 0 Å². The summed E-state index contributed by atoms with van der Waals surface area (Å²) in [6.45, 7) is 0. The van der Waals surface area contributed by atoms with Crippen LogP contribution in [-0.4, -0.2) is 9.97 Å². The summed E-state index contributed by atoms with van der Waals surface area (Å²) in [6, 6.07) is 3.10. The second kappa shape index (κ2) is 4.38. The van der Waals surface area contributed by atoms with E-state index in [1.54, 1.807) is 0 Å². The predicted octanol–water partition coefficient (Wildman–Crippen LogP) is 1.85. The largest absolute Gasteiger partial charge is 0.308 e. The van der Waals surface area contributed by atoms with Crippen molar-refractivity contribution < 1.29 is 13.2 Å². The molecule has 17 heavy (non-hydrogen) atoms. The van der Waals surface area contributed by atoms with Crippen molar-refractivity contribution in [1.82, 2.24) is 9.97 Å². The first kappa shape index (κ1) is 11.3. The van der Waals surface area contributed by atoms with Gasteiger partial charge in [0.15, 0.2) is 23.3 Å². The zero-order chi connectivity index (χ0) is 12.4. The second-order valence-corrected chi connectivity index (χ2v) is 3.16. The van der Waals surface area contributed by atoms with E-state index in [-0.39, 0.29) is 17.2 Å². The van der Waals surface area contributed by atoms with E-state index in [1.807, 2.05) is 0 Å². The SMILES string of the molecule is NNc1ccnc(-c2cc(F)c(F)c(F)c2)n1. The first-order valence-electron chi connectivity index (χ1n) is 4.56. The fraction of sp³-hybridized carbons (Fsp3) is 0. The molecule has 3 N–H and O–H groups in total. The molecule has 0 aliphatic carbocycles. The number of nitrogens with two attached hydrogens (primary N) is 1. The zero-order valence-corrected chi connectivity index (χ0v) is 8.42. The molecular formula is C10H7F3N4. The third-order valence-corrected chi connectivity index (χ3v) is 2.05. The zero-order valence-electron chi connectivity index (χ0n) is 8.42. The van der Waals surface area contributed by atoms with E-state index in [9.17, 15) is 13.2 Å². The summed E-state index contributed by atoms with van der Waals surface area (Å²) in [4.78, 5) is 7.68. The van der Waals surface area contributed by atoms with Crippen LogP contribution in [0.1, 0.15) is 0 Å². The molecule has 0 amide bonds. The third-order valence-electron chi connectivity index (χ3n) is 2.05. The van der Waals surface area contributed by atoms with Crippen molar-refractivity contribution in [2.75, 3.05) is 5.43 Å². The van der Waals surface area contributed by atoms with Gasteiger partial charge in [0, 0.05) is 17.8 Å². The number of nitrogens with zero attached hydrogens (tertiary/aromatic N) is 2. The van der Waals surface area contributed by atoms with E-state index >= 15 is 0 Å². The molecule has 1 aromatic carbocycles. The van der Waals surface area contributed by atoms with Gasteiger partial charge in [-0.1, -0.05) is 0 Å². The van der Waals surface area contributed by atoms with Gasteiger partial charge in [-0.2, -0.15) is 0 Å². The van der Waals surface area contributed by atoms with Gasteiger partial charge in [-0.15, -0.1) is 0 Å². The Morgan fingerprint density at radius 3 is 2.35 bits per heavy atom. The normalized spacial score (nSPS) is 10.4. The average Bonchev–Trinajstić information content (AvgIpc) is 2.35. The monoisotopic (exact) mass is 240 g/mol. The molecule has 0 atom stereocenters. The lowest BCUT2D eigenvalue weighted by molar-refractivity contribution is 0.447. The lowest BCUT2D eigenvalue weighted by atomic mass is 10.2. The Kier molecular flexibility index (Phi) is 2.92. The summed E-state index contributed by atoms with van der Waals surface area (Å²) in [7, 11) is 0. The fourth-order valence-electron chi connectivity index (χ4n) is 1.26. The van der Waals surface area contributed by atoms with Crippen LogP contribution in [0.4, 0.5) is 19.0 Å². The Labute approximate surface area is 94.3 Å². The highest BCUT2D eigenvalue weighted by molar-refractivity contribution is 5.57. The second-order valence-electron chi connectivity index (χ2n) is 3.16. The minimum atomic E-state index is -1.53. The molecule has 0 saturated heterocycles. The highest BCUT2D eigenvalue weighted by Gasteiger charge is 2.13. The van der Waals surface area contributed by atoms with Crippen LogP contribution in [0, 0.1) is 17.5 Å². The van der Waals surface area contributed by atoms with Gasteiger partial charge in [-0.25, -0.2) is 29.0 Å². The quantitative estimate of drug-likeness (QED) is 0.477. The van der Waals surface area contributed by atoms with Crippen LogP contribution in [0.15, 0.2) is 24.4 Å². The molecule has 0 radical (unpaired) electrons. The molecule has 7 heteroatoms. The summed E-state index contributed by atoms with van der Waals surface area (Å²) in [5.41, 5.74) is 2.29. The van der Waals surface area contributed by atoms with Gasteiger partial charge in [-0.05, 0) is 12.1 Å². The predicted molar refractivity (Wildman–Crippen MR) is 55.2 cm³/mol. The minimum absolute atomic E-state index is 0.0264. The maximum absolute atomic E-state index is 13.0. The summed E-state index contributed by atoms with van der Waals surface area (Å²) >= 11 is 0. The smallest absolute Gasteiger partial charge is 0.194 e. The molecule has 0 saturated carbocycles. The number of hydrazine groups is 1. The molecule has 1 heterocycles. The van der Waals surface area contributed by atoms with E-state index in [1.165, 1.54) is 12.3 Å². The molecule has 0 spiro atoms. The van der Waals surface area contributed by atoms with E-state index in [0.717, 1.165) is 12.1 Å². The Hall–Kier alpha value is -2.15. The van der Waals surface area contributed by atoms with Gasteiger partial charge >= 0.3 is 0 Å². The van der Waals surface area contributed by atoms with Gasteiger partial charge in [0.1, 0.15) is 5.82 Å². The molecule has 4 nitrogen and oxygen atoms in total. The first-order valence-corrected chi connectivity index (χ1v) is 4.56. The molecule has 2 aromatic rings. The molecule has 0 bridgehead atoms. The number of nitrogen functional groups attached to an aromatic ring is 1. The van der Waals surface area contributed by atoms with E-state index in [4.69, 9.17) is 5.84 Å². The van der Waals surface area contributed by atoms with Crippen LogP contribution in [0.2, 0.25) is 0 Å². The summed E-state index contributed by atoms with van der Waals surface area (Å²) in [5, 5.41) is 0. The third kappa shape index (κ3) is 2.18. The first-order chi connectivity index (χ1) is 8.11. The topological polar surface area (TPSA) is 63.8 Å². The number of halogens is 3. The van der Waals surface area contributed by atoms with E-state index < -0.39 is 17.5 Å². The number of benzene rings is 1. The van der Waals surface area contributed by atoms with Crippen molar-refractivity contribution in [2.24, 2.45) is 5.84 Å². The van der Waals surface area contributed by atoms with Crippen LogP contribution in [0.3, 0.4) is 0 Å². The Morgan fingerprint density at radius 1 is 1.12 bits per heavy atom. The lowest BCUT2D eigenvalue weighted by Crippen LogP contribution is -2.09. The molecule has 1 aromatic heterocycles. The fourth-order valence-corrected chi connectivity index (χ4v) is 1.26. The average molecular weight is 240 g/mol. The molecule has 2 rings (SSSR count). The number of rotatable bonds is 2. The van der Waals surface area contributed by atoms with E-state index in [2.05, 4.69) is 15.4 Å². The lowest BCUT2D eigenvalue weighted by Gasteiger charge is -2.04. The Morgan fingerprint density at radius 2 is 1.76 bits per heavy atom. The Balaban J connectivity index is 2.52. The molecular weight excluding hydrogens is 233 g/mol. The van der Waals surface area contributed by atoms with Crippen molar-refractivity contribution in [3.8, 4) is 11.4 Å². The number of aromatic nitrogens is 2. The molecule has 0 fully saturated rings. The van der Waals surface area contributed by atoms with Crippen LogP contribution in [0.25, 0.3) is 11.4 Å². The van der Waals surface area contributed by atoms with Crippen LogP contribution in [-0.2, 0) is 0 Å². The minimum Gasteiger partial charge on any atom is -0.308 e. The van der Waals surface area contributed by atoms with Crippen molar-refractivity contribution in [1.29, 1.82) is 0 Å². The number of anilines is 1. The van der Waals surface area contributed by atoms with Gasteiger partial charge in [0.05, 0.1) is 0 Å². The number of hydrogen-bond donors (Lipinski definition) is 2. The van der Waals surface area contributed by atoms with Crippen LogP contribution in [0.5, 0.6) is 0 Å². The van der Waals surface area contributed by atoms with Crippen molar-refractivity contribution >= 4 is 5.82 Å². The number of nitrogens with one attached hydrogen (secondary N) is 1. The van der Waals surface area contributed by atoms with Gasteiger partial charge < -0.3 is 5.43 Å². The molecule has 0 aliphatic rings. The van der Waals surface area contributed by atoms with Crippen molar-refractivity contribution in [3.63, 3.8) is 0 Å². The highest BCUT2D eigenvalue weighted by Crippen LogP contribution is 2.21. The number of hydrogen-bond acceptors (Lipinski definition) is 4. The summed E-state index contributed by atoms with van der Waals surface area (Å²) in [5.74, 6) is 1.33. The van der Waals surface area contributed by atoms with Gasteiger partial charge in [0.25, 0.3) is 0 Å². The molecule has 0 aliphatic heterocycles. The Bertz CT molecular complexity index is 536. The maximum Gasteiger partial charge on any atom is 0.194 e. The highest BCUT2D eigenvalue weighted by atomic mass is 19.2. The summed E-state index contributed by atoms with van der Waals surface area (Å²) in [6.07, 6.45) is 1.36. The van der Waals surface area contributed by atoms with E-state index in [0.29, 0.717) is 0 Å².